The molecule has 0 unspecified atom stereocenters. The van der Waals surface area contributed by atoms with E-state index in [1.807, 2.05) is 0 Å². The average molecular weight is 384 g/mol. The minimum atomic E-state index is -0.481. The lowest BCUT2D eigenvalue weighted by molar-refractivity contribution is 0.0937. The number of hydrogen-bond donors (Lipinski definition) is 2. The predicted octanol–water partition coefficient (Wildman–Crippen LogP) is 2.17. The Hall–Kier alpha value is -3.26. The molecule has 0 radical (unpaired) electrons. The largest absolute Gasteiger partial charge is 0.385 e. The van der Waals surface area contributed by atoms with Crippen LogP contribution in [0, 0.1) is 5.82 Å². The smallest absolute Gasteiger partial charge is 0.287 e. The molecule has 0 atom stereocenters. The fraction of sp³-hybridized carbons (Fsp3) is 0.250. The number of aromatic nitrogens is 2. The van der Waals surface area contributed by atoms with E-state index in [4.69, 9.17) is 4.74 Å². The van der Waals surface area contributed by atoms with Crippen LogP contribution in [-0.2, 0) is 11.3 Å². The average Bonchev–Trinajstić information content (AvgIpc) is 3.10. The quantitative estimate of drug-likeness (QED) is 0.583. The van der Waals surface area contributed by atoms with Gasteiger partial charge in [0.2, 0.25) is 5.82 Å². The van der Waals surface area contributed by atoms with E-state index in [0.29, 0.717) is 30.7 Å². The summed E-state index contributed by atoms with van der Waals surface area (Å²) < 4.78 is 20.3. The number of fused-ring (bicyclic) bond motifs is 1. The molecule has 2 heterocycles. The molecule has 146 valence electrons. The molecular weight excluding hydrogens is 363 g/mol. The van der Waals surface area contributed by atoms with Crippen molar-refractivity contribution in [3.63, 3.8) is 0 Å². The molecule has 1 aromatic carbocycles. The summed E-state index contributed by atoms with van der Waals surface area (Å²) in [6.45, 7) is 0.992. The highest BCUT2D eigenvalue weighted by atomic mass is 19.1. The summed E-state index contributed by atoms with van der Waals surface area (Å²) >= 11 is 0. The number of hydrogen-bond acceptors (Lipinski definition) is 4. The number of ether oxygens (including phenoxy) is 1. The van der Waals surface area contributed by atoms with Crippen LogP contribution in [0.1, 0.15) is 33.1 Å². The molecule has 3 aromatic rings. The summed E-state index contributed by atoms with van der Waals surface area (Å²) in [5.74, 6) is -1.14. The lowest BCUT2D eigenvalue weighted by atomic mass is 10.2. The number of benzene rings is 1. The van der Waals surface area contributed by atoms with E-state index in [9.17, 15) is 14.0 Å². The molecule has 0 aliphatic heterocycles. The molecule has 0 saturated heterocycles. The Morgan fingerprint density at radius 1 is 1.11 bits per heavy atom. The highest BCUT2D eigenvalue weighted by Gasteiger charge is 2.21. The van der Waals surface area contributed by atoms with Crippen LogP contribution in [0.15, 0.2) is 48.7 Å². The van der Waals surface area contributed by atoms with Gasteiger partial charge in [-0.25, -0.2) is 9.37 Å². The third kappa shape index (κ3) is 4.34. The first-order valence-electron chi connectivity index (χ1n) is 8.87. The summed E-state index contributed by atoms with van der Waals surface area (Å²) in [7, 11) is 1.59. The number of nitrogens with one attached hydrogen (secondary N) is 2. The SMILES string of the molecule is COCCCNC(=O)c1nc(C(=O)NCc2ccccc2F)c2ccccn12. The second kappa shape index (κ2) is 9.09. The van der Waals surface area contributed by atoms with Gasteiger partial charge in [0.15, 0.2) is 5.69 Å². The number of nitrogens with zero attached hydrogens (tertiary/aromatic N) is 2. The van der Waals surface area contributed by atoms with E-state index in [0.717, 1.165) is 0 Å². The normalized spacial score (nSPS) is 10.8. The molecule has 8 heteroatoms. The Morgan fingerprint density at radius 2 is 1.89 bits per heavy atom. The Labute approximate surface area is 161 Å². The van der Waals surface area contributed by atoms with Crippen LogP contribution in [0.25, 0.3) is 5.52 Å². The van der Waals surface area contributed by atoms with Crippen molar-refractivity contribution >= 4 is 17.3 Å². The molecule has 0 fully saturated rings. The fourth-order valence-corrected chi connectivity index (χ4v) is 2.76. The Balaban J connectivity index is 1.78. The molecule has 3 rings (SSSR count). The van der Waals surface area contributed by atoms with Gasteiger partial charge in [0.1, 0.15) is 5.82 Å². The first kappa shape index (κ1) is 19.5. The van der Waals surface area contributed by atoms with Gasteiger partial charge >= 0.3 is 0 Å². The van der Waals surface area contributed by atoms with Crippen molar-refractivity contribution in [1.29, 1.82) is 0 Å². The number of rotatable bonds is 8. The summed E-state index contributed by atoms with van der Waals surface area (Å²) in [4.78, 5) is 29.3. The number of imidazole rings is 1. The Kier molecular flexibility index (Phi) is 6.33. The zero-order valence-electron chi connectivity index (χ0n) is 15.4. The Bertz CT molecular complexity index is 986. The fourth-order valence-electron chi connectivity index (χ4n) is 2.76. The minimum absolute atomic E-state index is 0.0237. The molecule has 7 nitrogen and oxygen atoms in total. The van der Waals surface area contributed by atoms with Crippen LogP contribution in [0.2, 0.25) is 0 Å². The molecule has 2 N–H and O–H groups in total. The summed E-state index contributed by atoms with van der Waals surface area (Å²) in [6.07, 6.45) is 2.33. The number of amides is 2. The van der Waals surface area contributed by atoms with Crippen molar-refractivity contribution in [3.05, 3.63) is 71.6 Å². The third-order valence-corrected chi connectivity index (χ3v) is 4.17. The van der Waals surface area contributed by atoms with E-state index in [-0.39, 0.29) is 24.0 Å². The van der Waals surface area contributed by atoms with E-state index in [1.54, 1.807) is 54.1 Å². The van der Waals surface area contributed by atoms with Crippen molar-refractivity contribution in [2.75, 3.05) is 20.3 Å². The molecule has 0 bridgehead atoms. The van der Waals surface area contributed by atoms with Gasteiger partial charge in [0, 0.05) is 38.6 Å². The highest BCUT2D eigenvalue weighted by molar-refractivity contribution is 6.02. The van der Waals surface area contributed by atoms with Gasteiger partial charge in [0.05, 0.1) is 5.52 Å². The molecule has 28 heavy (non-hydrogen) atoms. The third-order valence-electron chi connectivity index (χ3n) is 4.17. The van der Waals surface area contributed by atoms with Gasteiger partial charge in [0.25, 0.3) is 11.8 Å². The second-order valence-electron chi connectivity index (χ2n) is 6.12. The van der Waals surface area contributed by atoms with Crippen molar-refractivity contribution in [3.8, 4) is 0 Å². The monoisotopic (exact) mass is 384 g/mol. The first-order valence-corrected chi connectivity index (χ1v) is 8.87. The van der Waals surface area contributed by atoms with E-state index in [1.165, 1.54) is 6.07 Å². The van der Waals surface area contributed by atoms with Gasteiger partial charge in [-0.2, -0.15) is 0 Å². The van der Waals surface area contributed by atoms with Crippen molar-refractivity contribution in [2.45, 2.75) is 13.0 Å². The highest BCUT2D eigenvalue weighted by Crippen LogP contribution is 2.14. The van der Waals surface area contributed by atoms with Crippen molar-refractivity contribution in [1.82, 2.24) is 20.0 Å². The predicted molar refractivity (Wildman–Crippen MR) is 102 cm³/mol. The maximum Gasteiger partial charge on any atom is 0.287 e. The number of carbonyl (C=O) groups excluding carboxylic acids is 2. The Morgan fingerprint density at radius 3 is 2.68 bits per heavy atom. The van der Waals surface area contributed by atoms with E-state index < -0.39 is 11.7 Å². The molecule has 0 aliphatic carbocycles. The van der Waals surface area contributed by atoms with Crippen molar-refractivity contribution in [2.24, 2.45) is 0 Å². The molecular formula is C20H21FN4O3. The lowest BCUT2D eigenvalue weighted by Crippen LogP contribution is -2.27. The molecule has 0 spiro atoms. The lowest BCUT2D eigenvalue weighted by Gasteiger charge is -2.05. The maximum absolute atomic E-state index is 13.7. The molecule has 0 aliphatic rings. The minimum Gasteiger partial charge on any atom is -0.385 e. The van der Waals surface area contributed by atoms with Crippen LogP contribution in [-0.4, -0.2) is 41.5 Å². The van der Waals surface area contributed by atoms with Gasteiger partial charge in [-0.1, -0.05) is 24.3 Å². The topological polar surface area (TPSA) is 84.7 Å². The molecule has 2 amide bonds. The van der Waals surface area contributed by atoms with Crippen LogP contribution in [0.4, 0.5) is 4.39 Å². The van der Waals surface area contributed by atoms with Crippen LogP contribution >= 0.6 is 0 Å². The van der Waals surface area contributed by atoms with E-state index in [2.05, 4.69) is 15.6 Å². The standard InChI is InChI=1S/C20H21FN4O3/c1-28-12-6-10-22-20(27)18-24-17(16-9-4-5-11-25(16)18)19(26)23-13-14-7-2-3-8-15(14)21/h2-5,7-9,11H,6,10,12-13H2,1H3,(H,22,27)(H,23,26). The summed E-state index contributed by atoms with van der Waals surface area (Å²) in [6, 6.07) is 11.4. The van der Waals surface area contributed by atoms with Crippen molar-refractivity contribution < 1.29 is 18.7 Å². The van der Waals surface area contributed by atoms with E-state index >= 15 is 0 Å². The van der Waals surface area contributed by atoms with Gasteiger partial charge in [-0.05, 0) is 24.6 Å². The molecule has 0 saturated carbocycles. The maximum atomic E-state index is 13.7. The van der Waals surface area contributed by atoms with Crippen LogP contribution < -0.4 is 10.6 Å². The number of pyridine rings is 1. The first-order chi connectivity index (χ1) is 13.6. The zero-order chi connectivity index (χ0) is 19.9. The number of carbonyl (C=O) groups is 2. The summed E-state index contributed by atoms with van der Waals surface area (Å²) in [5, 5.41) is 5.42. The summed E-state index contributed by atoms with van der Waals surface area (Å²) in [5.41, 5.74) is 0.977. The molecule has 2 aromatic heterocycles. The van der Waals surface area contributed by atoms with Gasteiger partial charge in [-0.15, -0.1) is 0 Å². The van der Waals surface area contributed by atoms with Gasteiger partial charge < -0.3 is 15.4 Å². The second-order valence-corrected chi connectivity index (χ2v) is 6.12. The zero-order valence-corrected chi connectivity index (χ0v) is 15.4. The number of methoxy groups -OCH3 is 1. The van der Waals surface area contributed by atoms with Crippen LogP contribution in [0.3, 0.4) is 0 Å². The van der Waals surface area contributed by atoms with Gasteiger partial charge in [-0.3, -0.25) is 14.0 Å². The number of halogens is 1. The van der Waals surface area contributed by atoms with Crippen LogP contribution in [0.5, 0.6) is 0 Å².